The highest BCUT2D eigenvalue weighted by Crippen LogP contribution is 2.32. The molecule has 38 heavy (non-hydrogen) atoms. The molecule has 0 spiro atoms. The SMILES string of the molecule is Cc1cccc(-c2ccn(-c3nc(N4CCOCC4)c4sc(C(=O)N5CC(F)C(N(C)C)C5)nc4n3)n2)c1. The fraction of sp³-hybridized carbons (Fsp3) is 0.423. The van der Waals surface area contributed by atoms with Gasteiger partial charge >= 0.3 is 0 Å². The molecule has 4 aromatic rings. The summed E-state index contributed by atoms with van der Waals surface area (Å²) in [5, 5.41) is 5.01. The topological polar surface area (TPSA) is 92.5 Å². The van der Waals surface area contributed by atoms with Crippen LogP contribution in [0.2, 0.25) is 0 Å². The largest absolute Gasteiger partial charge is 0.378 e. The van der Waals surface area contributed by atoms with E-state index in [1.807, 2.05) is 56.4 Å². The lowest BCUT2D eigenvalue weighted by molar-refractivity contribution is 0.0779. The predicted octanol–water partition coefficient (Wildman–Crippen LogP) is 2.81. The molecule has 12 heteroatoms. The van der Waals surface area contributed by atoms with Crippen molar-refractivity contribution in [3.8, 4) is 17.2 Å². The second-order valence-electron chi connectivity index (χ2n) is 9.89. The van der Waals surface area contributed by atoms with Gasteiger partial charge in [-0.05, 0) is 33.2 Å². The van der Waals surface area contributed by atoms with E-state index in [9.17, 15) is 9.18 Å². The Kier molecular flexibility index (Phi) is 6.54. The third kappa shape index (κ3) is 4.63. The summed E-state index contributed by atoms with van der Waals surface area (Å²) >= 11 is 1.26. The molecule has 0 N–H and O–H groups in total. The Balaban J connectivity index is 1.38. The fourth-order valence-electron chi connectivity index (χ4n) is 4.91. The van der Waals surface area contributed by atoms with E-state index in [2.05, 4.69) is 16.0 Å². The number of nitrogens with zero attached hydrogens (tertiary/aromatic N) is 8. The van der Waals surface area contributed by atoms with Crippen molar-refractivity contribution in [2.45, 2.75) is 19.1 Å². The molecule has 2 atom stereocenters. The van der Waals surface area contributed by atoms with Gasteiger partial charge in [-0.25, -0.2) is 14.1 Å². The molecule has 0 saturated carbocycles. The number of alkyl halides is 1. The van der Waals surface area contributed by atoms with E-state index in [0.717, 1.165) is 21.5 Å². The number of rotatable bonds is 5. The van der Waals surface area contributed by atoms with Crippen LogP contribution in [0.1, 0.15) is 15.4 Å². The van der Waals surface area contributed by atoms with Crippen LogP contribution in [0.3, 0.4) is 0 Å². The minimum Gasteiger partial charge on any atom is -0.378 e. The second kappa shape index (κ2) is 10.0. The molecule has 3 aromatic heterocycles. The van der Waals surface area contributed by atoms with Crippen LogP contribution in [0.4, 0.5) is 10.2 Å². The Hall–Kier alpha value is -3.48. The molecule has 0 radical (unpaired) electrons. The lowest BCUT2D eigenvalue weighted by Crippen LogP contribution is -2.37. The van der Waals surface area contributed by atoms with Gasteiger partial charge in [-0.3, -0.25) is 4.79 Å². The Morgan fingerprint density at radius 1 is 1.13 bits per heavy atom. The Morgan fingerprint density at radius 2 is 1.95 bits per heavy atom. The maximum absolute atomic E-state index is 14.6. The van der Waals surface area contributed by atoms with Gasteiger partial charge in [0.1, 0.15) is 10.9 Å². The number of morpholine rings is 1. The van der Waals surface area contributed by atoms with Crippen LogP contribution < -0.4 is 4.90 Å². The van der Waals surface area contributed by atoms with Crippen molar-refractivity contribution in [1.82, 2.24) is 34.5 Å². The first-order valence-corrected chi connectivity index (χ1v) is 13.4. The highest BCUT2D eigenvalue weighted by Gasteiger charge is 2.38. The number of fused-ring (bicyclic) bond motifs is 1. The molecule has 2 saturated heterocycles. The fourth-order valence-corrected chi connectivity index (χ4v) is 5.90. The number of anilines is 1. The van der Waals surface area contributed by atoms with Gasteiger partial charge in [-0.2, -0.15) is 15.1 Å². The minimum atomic E-state index is -1.10. The molecule has 2 aliphatic heterocycles. The summed E-state index contributed by atoms with van der Waals surface area (Å²) in [6.45, 7) is 4.93. The number of aromatic nitrogens is 5. The van der Waals surface area contributed by atoms with Crippen molar-refractivity contribution in [2.75, 3.05) is 58.4 Å². The van der Waals surface area contributed by atoms with Gasteiger partial charge < -0.3 is 19.4 Å². The van der Waals surface area contributed by atoms with Gasteiger partial charge in [-0.15, -0.1) is 11.3 Å². The number of hydrogen-bond donors (Lipinski definition) is 0. The smallest absolute Gasteiger partial charge is 0.283 e. The number of hydrogen-bond acceptors (Lipinski definition) is 9. The van der Waals surface area contributed by atoms with Crippen molar-refractivity contribution in [3.63, 3.8) is 0 Å². The molecular weight excluding hydrogens is 507 g/mol. The van der Waals surface area contributed by atoms with Gasteiger partial charge in [-0.1, -0.05) is 23.8 Å². The maximum Gasteiger partial charge on any atom is 0.283 e. The molecule has 1 amide bonds. The number of carbonyl (C=O) groups excluding carboxylic acids is 1. The van der Waals surface area contributed by atoms with Crippen LogP contribution in [0.5, 0.6) is 0 Å². The van der Waals surface area contributed by atoms with E-state index >= 15 is 0 Å². The summed E-state index contributed by atoms with van der Waals surface area (Å²) in [5.41, 5.74) is 3.40. The van der Waals surface area contributed by atoms with Crippen LogP contribution in [-0.2, 0) is 4.74 Å². The van der Waals surface area contributed by atoms with E-state index in [1.54, 1.807) is 4.68 Å². The zero-order chi connectivity index (χ0) is 26.4. The van der Waals surface area contributed by atoms with E-state index in [-0.39, 0.29) is 23.5 Å². The van der Waals surface area contributed by atoms with Gasteiger partial charge in [0.2, 0.25) is 0 Å². The summed E-state index contributed by atoms with van der Waals surface area (Å²) < 4.78 is 22.5. The zero-order valence-electron chi connectivity index (χ0n) is 21.5. The van der Waals surface area contributed by atoms with Crippen molar-refractivity contribution in [2.24, 2.45) is 0 Å². The number of amides is 1. The number of thiazole rings is 1. The molecule has 0 bridgehead atoms. The Morgan fingerprint density at radius 3 is 2.68 bits per heavy atom. The molecule has 0 aliphatic carbocycles. The molecule has 6 rings (SSSR count). The van der Waals surface area contributed by atoms with Gasteiger partial charge in [0.15, 0.2) is 16.5 Å². The van der Waals surface area contributed by atoms with Crippen LogP contribution in [0.15, 0.2) is 36.5 Å². The first-order chi connectivity index (χ1) is 18.4. The van der Waals surface area contributed by atoms with Crippen molar-refractivity contribution >= 4 is 33.4 Å². The quantitative estimate of drug-likeness (QED) is 0.385. The average Bonchev–Trinajstić information content (AvgIpc) is 3.66. The number of carbonyl (C=O) groups is 1. The van der Waals surface area contributed by atoms with Crippen LogP contribution >= 0.6 is 11.3 Å². The predicted molar refractivity (Wildman–Crippen MR) is 144 cm³/mol. The minimum absolute atomic E-state index is 0.0554. The molecule has 2 fully saturated rings. The molecule has 2 aliphatic rings. The molecule has 10 nitrogen and oxygen atoms in total. The Bertz CT molecular complexity index is 1480. The van der Waals surface area contributed by atoms with Gasteiger partial charge in [0.25, 0.3) is 11.9 Å². The molecule has 1 aromatic carbocycles. The number of aryl methyl sites for hydroxylation is 1. The van der Waals surface area contributed by atoms with E-state index in [0.29, 0.717) is 50.3 Å². The summed E-state index contributed by atoms with van der Waals surface area (Å²) in [5.74, 6) is 0.795. The molecular formula is C26H29FN8O2S. The molecule has 198 valence electrons. The van der Waals surface area contributed by atoms with Crippen molar-refractivity contribution in [1.29, 1.82) is 0 Å². The van der Waals surface area contributed by atoms with Crippen LogP contribution in [-0.4, -0.2) is 106 Å². The first-order valence-electron chi connectivity index (χ1n) is 12.6. The normalized spacial score (nSPS) is 20.1. The van der Waals surface area contributed by atoms with E-state index < -0.39 is 6.17 Å². The van der Waals surface area contributed by atoms with Crippen molar-refractivity contribution in [3.05, 3.63) is 47.1 Å². The number of likely N-dealkylation sites (tertiary alicyclic amines) is 1. The lowest BCUT2D eigenvalue weighted by Gasteiger charge is -2.28. The molecule has 2 unspecified atom stereocenters. The average molecular weight is 537 g/mol. The summed E-state index contributed by atoms with van der Waals surface area (Å²) in [6.07, 6.45) is 0.731. The van der Waals surface area contributed by atoms with Gasteiger partial charge in [0, 0.05) is 31.4 Å². The number of ether oxygens (including phenoxy) is 1. The maximum atomic E-state index is 14.6. The lowest BCUT2D eigenvalue weighted by atomic mass is 10.1. The second-order valence-corrected chi connectivity index (χ2v) is 10.9. The third-order valence-corrected chi connectivity index (χ3v) is 8.02. The van der Waals surface area contributed by atoms with Gasteiger partial charge in [0.05, 0.1) is 31.5 Å². The monoisotopic (exact) mass is 536 g/mol. The third-order valence-electron chi connectivity index (χ3n) is 7.00. The summed E-state index contributed by atoms with van der Waals surface area (Å²) in [4.78, 5) is 33.0. The van der Waals surface area contributed by atoms with E-state index in [4.69, 9.17) is 19.8 Å². The highest BCUT2D eigenvalue weighted by molar-refractivity contribution is 7.20. The Labute approximate surface area is 223 Å². The summed E-state index contributed by atoms with van der Waals surface area (Å²) in [6, 6.07) is 9.74. The number of halogens is 1. The number of likely N-dealkylation sites (N-methyl/N-ethyl adjacent to an activating group) is 1. The molecule has 5 heterocycles. The zero-order valence-corrected chi connectivity index (χ0v) is 22.4. The van der Waals surface area contributed by atoms with Crippen LogP contribution in [0.25, 0.3) is 27.6 Å². The summed E-state index contributed by atoms with van der Waals surface area (Å²) in [7, 11) is 3.66. The van der Waals surface area contributed by atoms with Crippen molar-refractivity contribution < 1.29 is 13.9 Å². The standard InChI is InChI=1S/C26H29FN8O2S/c1-16-5-4-6-17(13-16)19-7-8-35(31-19)26-29-22-21(23(30-26)33-9-11-37-12-10-33)38-24(28-22)25(36)34-14-18(27)20(15-34)32(2)3/h4-8,13,18,20H,9-12,14-15H2,1-3H3. The first kappa shape index (κ1) is 24.8. The highest BCUT2D eigenvalue weighted by atomic mass is 32.1. The number of benzene rings is 1. The van der Waals surface area contributed by atoms with E-state index in [1.165, 1.54) is 16.2 Å². The van der Waals surface area contributed by atoms with Crippen LogP contribution in [0, 0.1) is 6.92 Å².